The van der Waals surface area contributed by atoms with Crippen molar-refractivity contribution in [2.45, 2.75) is 19.1 Å². The summed E-state index contributed by atoms with van der Waals surface area (Å²) in [7, 11) is 0. The summed E-state index contributed by atoms with van der Waals surface area (Å²) in [5.41, 5.74) is 1.57. The Balaban J connectivity index is 1.46. The number of aliphatic hydroxyl groups excluding tert-OH is 1. The topological polar surface area (TPSA) is 83.6 Å². The zero-order valence-electron chi connectivity index (χ0n) is 12.9. The monoisotopic (exact) mass is 343 g/mol. The SMILES string of the molecule is O=c1cc(CN2C[C@@H](Cc3cnccn3)[C@H](O)C2)nc2sccn12. The standard InChI is InChI=1S/C16H17N5O2S/c22-14-10-20(8-11(14)5-12-7-17-1-2-18-12)9-13-6-15(23)21-3-4-24-16(21)19-13/h1-4,6-7,11,14,22H,5,8-10H2/t11-,14-/m1/s1. The van der Waals surface area contributed by atoms with Gasteiger partial charge in [0.1, 0.15) is 0 Å². The highest BCUT2D eigenvalue weighted by Crippen LogP contribution is 2.22. The molecule has 24 heavy (non-hydrogen) atoms. The van der Waals surface area contributed by atoms with E-state index in [4.69, 9.17) is 0 Å². The Labute approximate surface area is 142 Å². The van der Waals surface area contributed by atoms with Crippen molar-refractivity contribution in [3.8, 4) is 0 Å². The van der Waals surface area contributed by atoms with Crippen LogP contribution in [-0.4, -0.2) is 48.6 Å². The lowest BCUT2D eigenvalue weighted by Gasteiger charge is -2.14. The maximum Gasteiger partial charge on any atom is 0.258 e. The van der Waals surface area contributed by atoms with Gasteiger partial charge in [0.15, 0.2) is 4.96 Å². The molecule has 0 aromatic carbocycles. The highest BCUT2D eigenvalue weighted by atomic mass is 32.1. The minimum atomic E-state index is -0.404. The molecule has 8 heteroatoms. The van der Waals surface area contributed by atoms with E-state index in [2.05, 4.69) is 19.9 Å². The predicted molar refractivity (Wildman–Crippen MR) is 89.8 cm³/mol. The quantitative estimate of drug-likeness (QED) is 0.746. The lowest BCUT2D eigenvalue weighted by molar-refractivity contribution is 0.140. The molecule has 4 heterocycles. The first-order valence-corrected chi connectivity index (χ1v) is 8.68. The molecular weight excluding hydrogens is 326 g/mol. The molecule has 7 nitrogen and oxygen atoms in total. The average molecular weight is 343 g/mol. The van der Waals surface area contributed by atoms with Crippen LogP contribution in [0.3, 0.4) is 0 Å². The van der Waals surface area contributed by atoms with E-state index in [9.17, 15) is 9.90 Å². The van der Waals surface area contributed by atoms with Gasteiger partial charge in [-0.15, -0.1) is 11.3 Å². The second-order valence-corrected chi connectivity index (χ2v) is 6.94. The summed E-state index contributed by atoms with van der Waals surface area (Å²) in [5, 5.41) is 12.2. The fraction of sp³-hybridized carbons (Fsp3) is 0.375. The number of aromatic nitrogens is 4. The lowest BCUT2D eigenvalue weighted by Crippen LogP contribution is -2.24. The Hall–Kier alpha value is -2.16. The van der Waals surface area contributed by atoms with Crippen LogP contribution in [0.2, 0.25) is 0 Å². The summed E-state index contributed by atoms with van der Waals surface area (Å²) in [6.45, 7) is 1.90. The highest BCUT2D eigenvalue weighted by molar-refractivity contribution is 7.15. The van der Waals surface area contributed by atoms with Crippen molar-refractivity contribution in [2.75, 3.05) is 13.1 Å². The van der Waals surface area contributed by atoms with E-state index in [0.29, 0.717) is 24.5 Å². The molecule has 1 saturated heterocycles. The van der Waals surface area contributed by atoms with Crippen molar-refractivity contribution < 1.29 is 5.11 Å². The molecule has 0 amide bonds. The Morgan fingerprint density at radius 3 is 3.04 bits per heavy atom. The summed E-state index contributed by atoms with van der Waals surface area (Å²) >= 11 is 1.45. The third-order valence-electron chi connectivity index (χ3n) is 4.31. The second-order valence-electron chi connectivity index (χ2n) is 6.06. The van der Waals surface area contributed by atoms with Gasteiger partial charge in [-0.25, -0.2) is 4.98 Å². The van der Waals surface area contributed by atoms with Crippen molar-refractivity contribution in [3.63, 3.8) is 0 Å². The van der Waals surface area contributed by atoms with Crippen LogP contribution >= 0.6 is 11.3 Å². The first-order valence-electron chi connectivity index (χ1n) is 7.80. The smallest absolute Gasteiger partial charge is 0.258 e. The maximum atomic E-state index is 12.1. The van der Waals surface area contributed by atoms with Crippen molar-refractivity contribution in [2.24, 2.45) is 5.92 Å². The molecule has 4 rings (SSSR count). The van der Waals surface area contributed by atoms with Gasteiger partial charge in [-0.1, -0.05) is 0 Å². The van der Waals surface area contributed by atoms with Gasteiger partial charge >= 0.3 is 0 Å². The van der Waals surface area contributed by atoms with Crippen molar-refractivity contribution in [1.82, 2.24) is 24.3 Å². The number of thiazole rings is 1. The largest absolute Gasteiger partial charge is 0.391 e. The van der Waals surface area contributed by atoms with E-state index >= 15 is 0 Å². The third-order valence-corrected chi connectivity index (χ3v) is 5.07. The van der Waals surface area contributed by atoms with Crippen LogP contribution in [0.4, 0.5) is 0 Å². The molecule has 0 aliphatic carbocycles. The molecule has 0 unspecified atom stereocenters. The molecule has 124 valence electrons. The van der Waals surface area contributed by atoms with Gasteiger partial charge in [-0.05, 0) is 6.42 Å². The zero-order chi connectivity index (χ0) is 16.5. The molecule has 0 saturated carbocycles. The van der Waals surface area contributed by atoms with E-state index in [0.717, 1.165) is 17.9 Å². The van der Waals surface area contributed by atoms with Crippen LogP contribution in [0.25, 0.3) is 4.96 Å². The molecule has 0 radical (unpaired) electrons. The number of aliphatic hydroxyl groups is 1. The van der Waals surface area contributed by atoms with Gasteiger partial charge in [-0.2, -0.15) is 0 Å². The number of nitrogens with zero attached hydrogens (tertiary/aromatic N) is 5. The van der Waals surface area contributed by atoms with E-state index in [-0.39, 0.29) is 11.5 Å². The molecule has 1 aliphatic heterocycles. The summed E-state index contributed by atoms with van der Waals surface area (Å²) in [6, 6.07) is 1.57. The molecular formula is C16H17N5O2S. The normalized spacial score (nSPS) is 21.5. The van der Waals surface area contributed by atoms with Crippen LogP contribution < -0.4 is 5.56 Å². The fourth-order valence-electron chi connectivity index (χ4n) is 3.17. The fourth-order valence-corrected chi connectivity index (χ4v) is 3.91. The van der Waals surface area contributed by atoms with E-state index < -0.39 is 6.10 Å². The van der Waals surface area contributed by atoms with Crippen LogP contribution in [0.1, 0.15) is 11.4 Å². The first kappa shape index (κ1) is 15.4. The number of likely N-dealkylation sites (tertiary alicyclic amines) is 1. The Bertz CT molecular complexity index is 894. The predicted octanol–water partition coefficient (Wildman–Crippen LogP) is 0.581. The molecule has 3 aromatic rings. The minimum absolute atomic E-state index is 0.0629. The lowest BCUT2D eigenvalue weighted by atomic mass is 10.0. The van der Waals surface area contributed by atoms with Crippen LogP contribution in [0.5, 0.6) is 0 Å². The molecule has 0 bridgehead atoms. The van der Waals surface area contributed by atoms with Crippen molar-refractivity contribution in [1.29, 1.82) is 0 Å². The molecule has 1 aliphatic rings. The number of fused-ring (bicyclic) bond motifs is 1. The van der Waals surface area contributed by atoms with Crippen LogP contribution in [-0.2, 0) is 13.0 Å². The number of β-amino-alcohol motifs (C(OH)–C–C–N with tert-alkyl or cyclic N) is 1. The summed E-state index contributed by atoms with van der Waals surface area (Å²) in [5.74, 6) is 0.119. The van der Waals surface area contributed by atoms with E-state index in [1.807, 2.05) is 5.38 Å². The third kappa shape index (κ3) is 3.08. The van der Waals surface area contributed by atoms with Gasteiger partial charge in [0.2, 0.25) is 0 Å². The Morgan fingerprint density at radius 2 is 2.21 bits per heavy atom. The van der Waals surface area contributed by atoms with Gasteiger partial charge in [-0.3, -0.25) is 24.1 Å². The van der Waals surface area contributed by atoms with Gasteiger partial charge < -0.3 is 5.11 Å². The molecule has 1 fully saturated rings. The van der Waals surface area contributed by atoms with Crippen molar-refractivity contribution in [3.05, 3.63) is 58.0 Å². The van der Waals surface area contributed by atoms with Gasteiger partial charge in [0.05, 0.1) is 17.5 Å². The van der Waals surface area contributed by atoms with Crippen LogP contribution in [0.15, 0.2) is 41.0 Å². The number of rotatable bonds is 4. The average Bonchev–Trinajstić information content (AvgIpc) is 3.16. The summed E-state index contributed by atoms with van der Waals surface area (Å²) < 4.78 is 1.55. The summed E-state index contributed by atoms with van der Waals surface area (Å²) in [4.78, 5) is 27.8. The maximum absolute atomic E-state index is 12.1. The van der Waals surface area contributed by atoms with E-state index in [1.54, 1.807) is 35.3 Å². The molecule has 0 spiro atoms. The van der Waals surface area contributed by atoms with Gasteiger partial charge in [0, 0.05) is 61.8 Å². The number of hydrogen-bond donors (Lipinski definition) is 1. The molecule has 2 atom stereocenters. The van der Waals surface area contributed by atoms with Crippen molar-refractivity contribution >= 4 is 16.3 Å². The Morgan fingerprint density at radius 1 is 1.29 bits per heavy atom. The molecule has 3 aromatic heterocycles. The van der Waals surface area contributed by atoms with Crippen LogP contribution in [0, 0.1) is 5.92 Å². The molecule has 1 N–H and O–H groups in total. The second kappa shape index (κ2) is 6.39. The van der Waals surface area contributed by atoms with E-state index in [1.165, 1.54) is 11.3 Å². The summed E-state index contributed by atoms with van der Waals surface area (Å²) in [6.07, 6.45) is 7.08. The zero-order valence-corrected chi connectivity index (χ0v) is 13.8. The minimum Gasteiger partial charge on any atom is -0.391 e. The Kier molecular flexibility index (Phi) is 4.09. The number of hydrogen-bond acceptors (Lipinski definition) is 7. The first-order chi connectivity index (χ1) is 11.7. The highest BCUT2D eigenvalue weighted by Gasteiger charge is 2.31. The van der Waals surface area contributed by atoms with Gasteiger partial charge in [0.25, 0.3) is 5.56 Å².